The lowest BCUT2D eigenvalue weighted by Crippen LogP contribution is -2.39. The summed E-state index contributed by atoms with van der Waals surface area (Å²) >= 11 is 0. The molecule has 4 heteroatoms. The quantitative estimate of drug-likeness (QED) is 0.655. The van der Waals surface area contributed by atoms with Crippen LogP contribution in [0.3, 0.4) is 0 Å². The van der Waals surface area contributed by atoms with Gasteiger partial charge in [-0.25, -0.2) is 0 Å². The van der Waals surface area contributed by atoms with Crippen LogP contribution in [0, 0.1) is 5.92 Å². The Morgan fingerprint density at radius 1 is 1.60 bits per heavy atom. The molecule has 4 nitrogen and oxygen atoms in total. The van der Waals surface area contributed by atoms with Crippen molar-refractivity contribution in [1.82, 2.24) is 15.5 Å². The third-order valence-electron chi connectivity index (χ3n) is 2.86. The van der Waals surface area contributed by atoms with Gasteiger partial charge in [-0.2, -0.15) is 0 Å². The van der Waals surface area contributed by atoms with Gasteiger partial charge in [0.25, 0.3) is 0 Å². The Labute approximate surface area is 92.4 Å². The van der Waals surface area contributed by atoms with E-state index >= 15 is 0 Å². The molecule has 0 aromatic carbocycles. The number of nitrogens with one attached hydrogen (secondary N) is 2. The molecule has 0 spiro atoms. The molecular weight excluding hydrogens is 190 g/mol. The van der Waals surface area contributed by atoms with Crippen LogP contribution in [0.15, 0.2) is 0 Å². The number of carbonyl (C=O) groups is 1. The van der Waals surface area contributed by atoms with E-state index in [2.05, 4.69) is 22.5 Å². The van der Waals surface area contributed by atoms with Gasteiger partial charge in [0.15, 0.2) is 0 Å². The zero-order valence-electron chi connectivity index (χ0n) is 9.88. The molecule has 1 aliphatic heterocycles. The van der Waals surface area contributed by atoms with Crippen molar-refractivity contribution >= 4 is 5.91 Å². The molecule has 1 atom stereocenters. The molecule has 2 N–H and O–H groups in total. The molecule has 0 aliphatic carbocycles. The van der Waals surface area contributed by atoms with Crippen LogP contribution in [0.1, 0.15) is 19.8 Å². The lowest BCUT2D eigenvalue weighted by atomic mass is 10.1. The molecule has 1 heterocycles. The Kier molecular flexibility index (Phi) is 5.65. The number of rotatable bonds is 6. The highest BCUT2D eigenvalue weighted by Crippen LogP contribution is 2.09. The summed E-state index contributed by atoms with van der Waals surface area (Å²) in [5, 5.41) is 6.04. The summed E-state index contributed by atoms with van der Waals surface area (Å²) in [6.45, 7) is 7.00. The van der Waals surface area contributed by atoms with E-state index in [0.717, 1.165) is 38.5 Å². The average Bonchev–Trinajstić information content (AvgIpc) is 2.70. The summed E-state index contributed by atoms with van der Waals surface area (Å²) in [5.41, 5.74) is 0. The molecule has 0 saturated carbocycles. The van der Waals surface area contributed by atoms with E-state index in [-0.39, 0.29) is 5.91 Å². The minimum absolute atomic E-state index is 0.120. The van der Waals surface area contributed by atoms with Gasteiger partial charge in [-0.3, -0.25) is 9.69 Å². The smallest absolute Gasteiger partial charge is 0.233 e. The molecule has 0 aromatic rings. The number of hydrogen-bond acceptors (Lipinski definition) is 3. The van der Waals surface area contributed by atoms with Gasteiger partial charge >= 0.3 is 0 Å². The Morgan fingerprint density at radius 2 is 2.40 bits per heavy atom. The van der Waals surface area contributed by atoms with Gasteiger partial charge < -0.3 is 10.6 Å². The highest BCUT2D eigenvalue weighted by Gasteiger charge is 2.18. The van der Waals surface area contributed by atoms with Crippen LogP contribution in [0.5, 0.6) is 0 Å². The van der Waals surface area contributed by atoms with Crippen molar-refractivity contribution in [3.8, 4) is 0 Å². The van der Waals surface area contributed by atoms with Gasteiger partial charge in [-0.05, 0) is 38.4 Å². The molecule has 1 unspecified atom stereocenters. The minimum Gasteiger partial charge on any atom is -0.358 e. The number of hydrogen-bond donors (Lipinski definition) is 2. The fourth-order valence-corrected chi connectivity index (χ4v) is 2.07. The summed E-state index contributed by atoms with van der Waals surface area (Å²) in [4.78, 5) is 13.6. The first-order valence-electron chi connectivity index (χ1n) is 5.90. The van der Waals surface area contributed by atoms with Gasteiger partial charge in [-0.15, -0.1) is 0 Å². The van der Waals surface area contributed by atoms with Gasteiger partial charge in [0, 0.05) is 13.6 Å². The maximum Gasteiger partial charge on any atom is 0.233 e. The fraction of sp³-hybridized carbons (Fsp3) is 0.909. The lowest BCUT2D eigenvalue weighted by molar-refractivity contribution is -0.121. The second-order valence-corrected chi connectivity index (χ2v) is 4.27. The Hall–Kier alpha value is -0.610. The summed E-state index contributed by atoms with van der Waals surface area (Å²) < 4.78 is 0. The van der Waals surface area contributed by atoms with Crippen molar-refractivity contribution in [2.45, 2.75) is 19.8 Å². The monoisotopic (exact) mass is 213 g/mol. The first kappa shape index (κ1) is 12.5. The van der Waals surface area contributed by atoms with Crippen molar-refractivity contribution in [2.24, 2.45) is 5.92 Å². The maximum absolute atomic E-state index is 11.3. The Bertz CT molecular complexity index is 190. The molecule has 1 aliphatic rings. The van der Waals surface area contributed by atoms with E-state index < -0.39 is 0 Å². The maximum atomic E-state index is 11.3. The Morgan fingerprint density at radius 3 is 2.93 bits per heavy atom. The molecule has 1 amide bonds. The minimum atomic E-state index is 0.120. The first-order chi connectivity index (χ1) is 7.26. The summed E-state index contributed by atoms with van der Waals surface area (Å²) in [6, 6.07) is 0. The highest BCUT2D eigenvalue weighted by atomic mass is 16.1. The van der Waals surface area contributed by atoms with Crippen LogP contribution in [-0.2, 0) is 4.79 Å². The SMILES string of the molecule is CCCN(CC(=O)NC)CC1CCNC1. The Balaban J connectivity index is 2.31. The molecular formula is C11H23N3O. The number of amides is 1. The standard InChI is InChI=1S/C11H23N3O/c1-3-6-14(9-11(15)12-2)8-10-4-5-13-7-10/h10,13H,3-9H2,1-2H3,(H,12,15). The molecule has 0 bridgehead atoms. The molecule has 1 fully saturated rings. The third-order valence-corrected chi connectivity index (χ3v) is 2.86. The van der Waals surface area contributed by atoms with Crippen LogP contribution in [0.4, 0.5) is 0 Å². The third kappa shape index (κ3) is 4.62. The van der Waals surface area contributed by atoms with Crippen molar-refractivity contribution in [2.75, 3.05) is 39.8 Å². The summed E-state index contributed by atoms with van der Waals surface area (Å²) in [5.74, 6) is 0.843. The largest absolute Gasteiger partial charge is 0.358 e. The van der Waals surface area contributed by atoms with Crippen LogP contribution >= 0.6 is 0 Å². The van der Waals surface area contributed by atoms with Gasteiger partial charge in [0.05, 0.1) is 6.54 Å². The van der Waals surface area contributed by atoms with Crippen molar-refractivity contribution in [1.29, 1.82) is 0 Å². The number of carbonyl (C=O) groups excluding carboxylic acids is 1. The molecule has 0 aromatic heterocycles. The zero-order chi connectivity index (χ0) is 11.1. The van der Waals surface area contributed by atoms with E-state index in [1.54, 1.807) is 7.05 Å². The fourth-order valence-electron chi connectivity index (χ4n) is 2.07. The van der Waals surface area contributed by atoms with Crippen molar-refractivity contribution in [3.05, 3.63) is 0 Å². The molecule has 15 heavy (non-hydrogen) atoms. The second-order valence-electron chi connectivity index (χ2n) is 4.27. The number of nitrogens with zero attached hydrogens (tertiary/aromatic N) is 1. The van der Waals surface area contributed by atoms with Crippen molar-refractivity contribution < 1.29 is 4.79 Å². The van der Waals surface area contributed by atoms with Gasteiger partial charge in [0.1, 0.15) is 0 Å². The van der Waals surface area contributed by atoms with Crippen LogP contribution in [-0.4, -0.2) is 50.6 Å². The normalized spacial score (nSPS) is 20.9. The van der Waals surface area contributed by atoms with E-state index in [1.807, 2.05) is 0 Å². The zero-order valence-corrected chi connectivity index (χ0v) is 9.88. The first-order valence-corrected chi connectivity index (χ1v) is 5.90. The number of likely N-dealkylation sites (N-methyl/N-ethyl adjacent to an activating group) is 1. The van der Waals surface area contributed by atoms with Crippen LogP contribution in [0.25, 0.3) is 0 Å². The second kappa shape index (κ2) is 6.80. The van der Waals surface area contributed by atoms with E-state index in [9.17, 15) is 4.79 Å². The predicted molar refractivity (Wildman–Crippen MR) is 61.8 cm³/mol. The van der Waals surface area contributed by atoms with Gasteiger partial charge in [0.2, 0.25) is 5.91 Å². The van der Waals surface area contributed by atoms with E-state index in [4.69, 9.17) is 0 Å². The van der Waals surface area contributed by atoms with Crippen molar-refractivity contribution in [3.63, 3.8) is 0 Å². The molecule has 0 radical (unpaired) electrons. The average molecular weight is 213 g/mol. The predicted octanol–water partition coefficient (Wildman–Crippen LogP) is 0.0539. The topological polar surface area (TPSA) is 44.4 Å². The molecule has 1 saturated heterocycles. The summed E-state index contributed by atoms with van der Waals surface area (Å²) in [6.07, 6.45) is 2.35. The summed E-state index contributed by atoms with van der Waals surface area (Å²) in [7, 11) is 1.70. The van der Waals surface area contributed by atoms with E-state index in [0.29, 0.717) is 6.54 Å². The molecule has 88 valence electrons. The molecule has 1 rings (SSSR count). The highest BCUT2D eigenvalue weighted by molar-refractivity contribution is 5.77. The lowest BCUT2D eigenvalue weighted by Gasteiger charge is -2.23. The van der Waals surface area contributed by atoms with Gasteiger partial charge in [-0.1, -0.05) is 6.92 Å². The van der Waals surface area contributed by atoms with Crippen LogP contribution < -0.4 is 10.6 Å². The van der Waals surface area contributed by atoms with E-state index in [1.165, 1.54) is 6.42 Å². The van der Waals surface area contributed by atoms with Crippen LogP contribution in [0.2, 0.25) is 0 Å².